The lowest BCUT2D eigenvalue weighted by molar-refractivity contribution is -0.140. The zero-order chi connectivity index (χ0) is 14.8. The Labute approximate surface area is 114 Å². The van der Waals surface area contributed by atoms with Gasteiger partial charge in [-0.3, -0.25) is 0 Å². The molecule has 19 heavy (non-hydrogen) atoms. The van der Waals surface area contributed by atoms with Gasteiger partial charge in [0.15, 0.2) is 0 Å². The molecule has 0 aromatic heterocycles. The van der Waals surface area contributed by atoms with E-state index in [0.717, 1.165) is 5.56 Å². The number of carbonyl (C=O) groups excluding carboxylic acids is 1. The van der Waals surface area contributed by atoms with Crippen LogP contribution in [0.1, 0.15) is 25.0 Å². The summed E-state index contributed by atoms with van der Waals surface area (Å²) >= 11 is 0. The summed E-state index contributed by atoms with van der Waals surface area (Å²) in [5, 5.41) is 0. The van der Waals surface area contributed by atoms with Crippen LogP contribution in [0.4, 0.5) is 0 Å². The van der Waals surface area contributed by atoms with E-state index in [2.05, 4.69) is 6.58 Å². The van der Waals surface area contributed by atoms with Crippen LogP contribution in [0.3, 0.4) is 0 Å². The van der Waals surface area contributed by atoms with Crippen LogP contribution in [0, 0.1) is 13.8 Å². The molecule has 0 aliphatic heterocycles. The van der Waals surface area contributed by atoms with Crippen LogP contribution in [0.2, 0.25) is 0 Å². The Hall–Kier alpha value is -1.62. The van der Waals surface area contributed by atoms with Crippen LogP contribution in [-0.4, -0.2) is 19.8 Å². The smallest absolute Gasteiger partial charge is 0.334 e. The summed E-state index contributed by atoms with van der Waals surface area (Å²) in [6.07, 6.45) is 0. The number of ether oxygens (including phenoxy) is 1. The minimum atomic E-state index is -3.70. The highest BCUT2D eigenvalue weighted by atomic mass is 32.2. The van der Waals surface area contributed by atoms with E-state index in [1.54, 1.807) is 19.1 Å². The number of esters is 1. The second kappa shape index (κ2) is 5.57. The van der Waals surface area contributed by atoms with Gasteiger partial charge in [0.1, 0.15) is 0 Å². The molecule has 0 aliphatic rings. The van der Waals surface area contributed by atoms with Gasteiger partial charge in [0, 0.05) is 5.57 Å². The van der Waals surface area contributed by atoms with Crippen molar-refractivity contribution in [2.45, 2.75) is 38.0 Å². The largest absolute Gasteiger partial charge is 0.443 e. The molecule has 0 aliphatic carbocycles. The van der Waals surface area contributed by atoms with Crippen molar-refractivity contribution in [3.8, 4) is 0 Å². The first-order valence-corrected chi connectivity index (χ1v) is 7.38. The van der Waals surface area contributed by atoms with E-state index >= 15 is 0 Å². The number of hydrogen-bond donors (Lipinski definition) is 0. The third-order valence-electron chi connectivity index (χ3n) is 2.70. The molecular formula is C14H18O4S. The summed E-state index contributed by atoms with van der Waals surface area (Å²) in [7, 11) is -3.70. The molecule has 0 N–H and O–H groups in total. The Bertz CT molecular complexity index is 614. The number of aryl methyl sites for hydroxylation is 2. The van der Waals surface area contributed by atoms with Crippen molar-refractivity contribution < 1.29 is 17.9 Å². The zero-order valence-electron chi connectivity index (χ0n) is 11.6. The first kappa shape index (κ1) is 15.4. The lowest BCUT2D eigenvalue weighted by Crippen LogP contribution is -2.25. The van der Waals surface area contributed by atoms with E-state index < -0.39 is 21.2 Å². The lowest BCUT2D eigenvalue weighted by atomic mass is 10.2. The molecule has 0 saturated carbocycles. The predicted molar refractivity (Wildman–Crippen MR) is 73.5 cm³/mol. The van der Waals surface area contributed by atoms with Gasteiger partial charge in [-0.2, -0.15) is 0 Å². The van der Waals surface area contributed by atoms with Gasteiger partial charge in [0.2, 0.25) is 15.3 Å². The van der Waals surface area contributed by atoms with E-state index in [0.29, 0.717) is 5.56 Å². The van der Waals surface area contributed by atoms with Crippen LogP contribution in [0.15, 0.2) is 35.2 Å². The Morgan fingerprint density at radius 3 is 2.37 bits per heavy atom. The molecule has 0 fully saturated rings. The van der Waals surface area contributed by atoms with Crippen molar-refractivity contribution in [2.24, 2.45) is 0 Å². The molecule has 1 unspecified atom stereocenters. The fourth-order valence-electron chi connectivity index (χ4n) is 1.61. The number of benzene rings is 1. The molecule has 1 atom stereocenters. The molecule has 1 rings (SSSR count). The number of rotatable bonds is 4. The highest BCUT2D eigenvalue weighted by Gasteiger charge is 2.28. The summed E-state index contributed by atoms with van der Waals surface area (Å²) in [6, 6.07) is 5.03. The Morgan fingerprint density at radius 1 is 1.32 bits per heavy atom. The molecule has 0 heterocycles. The summed E-state index contributed by atoms with van der Waals surface area (Å²) in [5.41, 5.74) is 0.544. The van der Waals surface area contributed by atoms with Crippen LogP contribution in [0.5, 0.6) is 0 Å². The van der Waals surface area contributed by atoms with E-state index in [1.165, 1.54) is 19.9 Å². The van der Waals surface area contributed by atoms with Crippen LogP contribution >= 0.6 is 0 Å². The van der Waals surface area contributed by atoms with Crippen molar-refractivity contribution in [3.05, 3.63) is 41.5 Å². The maximum atomic E-state index is 12.3. The Morgan fingerprint density at radius 2 is 1.89 bits per heavy atom. The average Bonchev–Trinajstić information content (AvgIpc) is 2.27. The fourth-order valence-corrected chi connectivity index (χ4v) is 2.95. The fraction of sp³-hybridized carbons (Fsp3) is 0.357. The SMILES string of the molecule is C=C(C)C(=O)OC(C)S(=O)(=O)c1ccc(C)cc1C. The average molecular weight is 282 g/mol. The standard InChI is InChI=1S/C14H18O4S/c1-9(2)14(15)18-12(5)19(16,17)13-7-6-10(3)8-11(13)4/h6-8,12H,1H2,2-5H3. The van der Waals surface area contributed by atoms with E-state index in [9.17, 15) is 13.2 Å². The number of carbonyl (C=O) groups is 1. The minimum absolute atomic E-state index is 0.169. The highest BCUT2D eigenvalue weighted by molar-refractivity contribution is 7.92. The van der Waals surface area contributed by atoms with E-state index in [-0.39, 0.29) is 10.5 Å². The molecule has 0 amide bonds. The molecular weight excluding hydrogens is 264 g/mol. The van der Waals surface area contributed by atoms with Crippen molar-refractivity contribution in [1.29, 1.82) is 0 Å². The van der Waals surface area contributed by atoms with Gasteiger partial charge in [-0.25, -0.2) is 13.2 Å². The molecule has 0 saturated heterocycles. The van der Waals surface area contributed by atoms with Gasteiger partial charge in [0.05, 0.1) is 4.90 Å². The van der Waals surface area contributed by atoms with E-state index in [4.69, 9.17) is 4.74 Å². The minimum Gasteiger partial charge on any atom is -0.443 e. The van der Waals surface area contributed by atoms with Gasteiger partial charge in [-0.1, -0.05) is 24.3 Å². The summed E-state index contributed by atoms with van der Waals surface area (Å²) in [4.78, 5) is 11.6. The summed E-state index contributed by atoms with van der Waals surface area (Å²) in [6.45, 7) is 9.83. The summed E-state index contributed by atoms with van der Waals surface area (Å²) < 4.78 is 29.5. The van der Waals surface area contributed by atoms with Crippen LogP contribution < -0.4 is 0 Å². The van der Waals surface area contributed by atoms with Crippen LogP contribution in [0.25, 0.3) is 0 Å². The monoisotopic (exact) mass is 282 g/mol. The molecule has 0 bridgehead atoms. The predicted octanol–water partition coefficient (Wildman–Crippen LogP) is 2.54. The molecule has 104 valence electrons. The highest BCUT2D eigenvalue weighted by Crippen LogP contribution is 2.22. The normalized spacial score (nSPS) is 12.8. The van der Waals surface area contributed by atoms with Crippen molar-refractivity contribution >= 4 is 15.8 Å². The Balaban J connectivity index is 3.10. The maximum absolute atomic E-state index is 12.3. The zero-order valence-corrected chi connectivity index (χ0v) is 12.4. The van der Waals surface area contributed by atoms with E-state index in [1.807, 2.05) is 6.92 Å². The molecule has 0 spiro atoms. The third kappa shape index (κ3) is 3.44. The third-order valence-corrected chi connectivity index (χ3v) is 4.74. The topological polar surface area (TPSA) is 60.4 Å². The number of hydrogen-bond acceptors (Lipinski definition) is 4. The second-order valence-electron chi connectivity index (χ2n) is 4.57. The molecule has 1 aromatic rings. The molecule has 5 heteroatoms. The molecule has 1 aromatic carbocycles. The van der Waals surface area contributed by atoms with Gasteiger partial charge in [0.25, 0.3) is 0 Å². The quantitative estimate of drug-likeness (QED) is 0.629. The van der Waals surface area contributed by atoms with Gasteiger partial charge >= 0.3 is 5.97 Å². The summed E-state index contributed by atoms with van der Waals surface area (Å²) in [5.74, 6) is -0.708. The van der Waals surface area contributed by atoms with Crippen molar-refractivity contribution in [3.63, 3.8) is 0 Å². The van der Waals surface area contributed by atoms with Crippen molar-refractivity contribution in [2.75, 3.05) is 0 Å². The lowest BCUT2D eigenvalue weighted by Gasteiger charge is -2.16. The first-order chi connectivity index (χ1) is 8.66. The Kier molecular flexibility index (Phi) is 4.52. The molecule has 0 radical (unpaired) electrons. The van der Waals surface area contributed by atoms with Gasteiger partial charge in [-0.05, 0) is 39.3 Å². The maximum Gasteiger partial charge on any atom is 0.334 e. The van der Waals surface area contributed by atoms with Crippen molar-refractivity contribution in [1.82, 2.24) is 0 Å². The first-order valence-electron chi connectivity index (χ1n) is 5.84. The second-order valence-corrected chi connectivity index (χ2v) is 6.76. The van der Waals surface area contributed by atoms with Crippen LogP contribution in [-0.2, 0) is 19.4 Å². The number of sulfone groups is 1. The molecule has 4 nitrogen and oxygen atoms in total. The van der Waals surface area contributed by atoms with Gasteiger partial charge < -0.3 is 4.74 Å². The van der Waals surface area contributed by atoms with Gasteiger partial charge in [-0.15, -0.1) is 0 Å².